The summed E-state index contributed by atoms with van der Waals surface area (Å²) < 4.78 is 18.3. The third-order valence-electron chi connectivity index (χ3n) is 4.19. The molecule has 0 aliphatic rings. The molecule has 2 aromatic rings. The van der Waals surface area contributed by atoms with Crippen molar-refractivity contribution in [1.29, 1.82) is 0 Å². The Morgan fingerprint density at radius 3 is 2.50 bits per heavy atom. The van der Waals surface area contributed by atoms with Crippen molar-refractivity contribution in [2.24, 2.45) is 4.99 Å². The van der Waals surface area contributed by atoms with Crippen LogP contribution in [0, 0.1) is 0 Å². The highest BCUT2D eigenvalue weighted by Gasteiger charge is 2.15. The number of aliphatic imine (C=N–C) groups is 1. The lowest BCUT2D eigenvalue weighted by atomic mass is 10.1. The van der Waals surface area contributed by atoms with Gasteiger partial charge in [-0.2, -0.15) is 0 Å². The standard InChI is InChI=1S/C19H30N6O3/c1-6-16-24-23-13-25(16)11-10-21-19(20-7-2)22-12-14-8-9-15(26-3)18(28-5)17(14)27-4/h8-9,13H,6-7,10-12H2,1-5H3,(H2,20,21,22). The third kappa shape index (κ3) is 5.28. The molecule has 0 saturated heterocycles. The highest BCUT2D eigenvalue weighted by atomic mass is 16.5. The zero-order chi connectivity index (χ0) is 20.4. The summed E-state index contributed by atoms with van der Waals surface area (Å²) in [5.41, 5.74) is 0.907. The minimum absolute atomic E-state index is 0.436. The second-order valence-electron chi connectivity index (χ2n) is 5.91. The zero-order valence-electron chi connectivity index (χ0n) is 17.3. The van der Waals surface area contributed by atoms with Crippen molar-refractivity contribution in [2.75, 3.05) is 34.4 Å². The maximum absolute atomic E-state index is 5.53. The lowest BCUT2D eigenvalue weighted by Crippen LogP contribution is -2.38. The van der Waals surface area contributed by atoms with Crippen LogP contribution in [-0.4, -0.2) is 55.1 Å². The predicted octanol–water partition coefficient (Wildman–Crippen LogP) is 1.62. The van der Waals surface area contributed by atoms with E-state index in [1.807, 2.05) is 23.6 Å². The summed E-state index contributed by atoms with van der Waals surface area (Å²) in [5, 5.41) is 14.6. The number of aryl methyl sites for hydroxylation is 1. The zero-order valence-corrected chi connectivity index (χ0v) is 17.3. The fourth-order valence-electron chi connectivity index (χ4n) is 2.83. The molecule has 1 aromatic carbocycles. The van der Waals surface area contributed by atoms with Crippen LogP contribution >= 0.6 is 0 Å². The van der Waals surface area contributed by atoms with Crippen LogP contribution in [0.3, 0.4) is 0 Å². The molecule has 0 amide bonds. The second kappa shape index (κ2) is 11.0. The van der Waals surface area contributed by atoms with Crippen LogP contribution in [0.2, 0.25) is 0 Å². The van der Waals surface area contributed by atoms with E-state index in [4.69, 9.17) is 14.2 Å². The van der Waals surface area contributed by atoms with Crippen molar-refractivity contribution in [1.82, 2.24) is 25.4 Å². The SMILES string of the molecule is CCNC(=NCc1ccc(OC)c(OC)c1OC)NCCn1cnnc1CC. The van der Waals surface area contributed by atoms with Crippen LogP contribution in [0.4, 0.5) is 0 Å². The smallest absolute Gasteiger partial charge is 0.203 e. The molecule has 154 valence electrons. The van der Waals surface area contributed by atoms with E-state index in [1.165, 1.54) is 0 Å². The first-order valence-corrected chi connectivity index (χ1v) is 9.35. The number of ether oxygens (including phenoxy) is 3. The Bertz CT molecular complexity index is 775. The largest absolute Gasteiger partial charge is 0.493 e. The fraction of sp³-hybridized carbons (Fsp3) is 0.526. The van der Waals surface area contributed by atoms with Gasteiger partial charge in [-0.05, 0) is 19.1 Å². The van der Waals surface area contributed by atoms with Crippen LogP contribution in [0.1, 0.15) is 25.2 Å². The molecule has 0 aliphatic heterocycles. The lowest BCUT2D eigenvalue weighted by molar-refractivity contribution is 0.322. The summed E-state index contributed by atoms with van der Waals surface area (Å²) in [4.78, 5) is 4.66. The van der Waals surface area contributed by atoms with Crippen molar-refractivity contribution < 1.29 is 14.2 Å². The number of methoxy groups -OCH3 is 3. The summed E-state index contributed by atoms with van der Waals surface area (Å²) in [6.45, 7) is 6.77. The lowest BCUT2D eigenvalue weighted by Gasteiger charge is -2.16. The summed E-state index contributed by atoms with van der Waals surface area (Å²) in [7, 11) is 4.80. The van der Waals surface area contributed by atoms with Gasteiger partial charge >= 0.3 is 0 Å². The van der Waals surface area contributed by atoms with E-state index in [9.17, 15) is 0 Å². The molecule has 1 heterocycles. The number of guanidine groups is 1. The van der Waals surface area contributed by atoms with Crippen molar-refractivity contribution in [3.05, 3.63) is 29.8 Å². The van der Waals surface area contributed by atoms with E-state index >= 15 is 0 Å². The van der Waals surface area contributed by atoms with Gasteiger partial charge in [-0.15, -0.1) is 10.2 Å². The molecule has 0 unspecified atom stereocenters. The van der Waals surface area contributed by atoms with Gasteiger partial charge in [-0.1, -0.05) is 6.92 Å². The Hall–Kier alpha value is -2.97. The molecule has 9 nitrogen and oxygen atoms in total. The molecule has 0 atom stereocenters. The van der Waals surface area contributed by atoms with E-state index in [1.54, 1.807) is 27.7 Å². The maximum Gasteiger partial charge on any atom is 0.203 e. The first-order valence-electron chi connectivity index (χ1n) is 9.35. The van der Waals surface area contributed by atoms with Gasteiger partial charge in [0.05, 0.1) is 27.9 Å². The van der Waals surface area contributed by atoms with Crippen LogP contribution in [0.5, 0.6) is 17.2 Å². The minimum Gasteiger partial charge on any atom is -0.493 e. The van der Waals surface area contributed by atoms with Gasteiger partial charge in [0.2, 0.25) is 5.75 Å². The average molecular weight is 390 g/mol. The van der Waals surface area contributed by atoms with E-state index in [-0.39, 0.29) is 0 Å². The van der Waals surface area contributed by atoms with Crippen molar-refractivity contribution >= 4 is 5.96 Å². The number of hydrogen-bond donors (Lipinski definition) is 2. The monoisotopic (exact) mass is 390 g/mol. The van der Waals surface area contributed by atoms with Crippen molar-refractivity contribution in [2.45, 2.75) is 33.4 Å². The van der Waals surface area contributed by atoms with Crippen LogP contribution < -0.4 is 24.8 Å². The van der Waals surface area contributed by atoms with Crippen LogP contribution in [-0.2, 0) is 19.5 Å². The molecule has 0 saturated carbocycles. The fourth-order valence-corrected chi connectivity index (χ4v) is 2.83. The highest BCUT2D eigenvalue weighted by molar-refractivity contribution is 5.79. The van der Waals surface area contributed by atoms with Crippen LogP contribution in [0.15, 0.2) is 23.5 Å². The summed E-state index contributed by atoms with van der Waals surface area (Å²) in [6.07, 6.45) is 2.60. The number of benzene rings is 1. The Kier molecular flexibility index (Phi) is 8.38. The van der Waals surface area contributed by atoms with Gasteiger partial charge in [-0.3, -0.25) is 0 Å². The molecule has 0 spiro atoms. The van der Waals surface area contributed by atoms with Gasteiger partial charge in [0.25, 0.3) is 0 Å². The highest BCUT2D eigenvalue weighted by Crippen LogP contribution is 2.39. The first-order chi connectivity index (χ1) is 13.7. The quantitative estimate of drug-likeness (QED) is 0.470. The van der Waals surface area contributed by atoms with Gasteiger partial charge in [-0.25, -0.2) is 4.99 Å². The molecular formula is C19H30N6O3. The molecule has 0 bridgehead atoms. The van der Waals surface area contributed by atoms with Crippen LogP contribution in [0.25, 0.3) is 0 Å². The molecule has 0 fully saturated rings. The molecule has 1 aromatic heterocycles. The Balaban J connectivity index is 2.07. The van der Waals surface area contributed by atoms with E-state index < -0.39 is 0 Å². The van der Waals surface area contributed by atoms with Gasteiger partial charge < -0.3 is 29.4 Å². The normalized spacial score (nSPS) is 11.2. The number of nitrogens with one attached hydrogen (secondary N) is 2. The summed E-state index contributed by atoms with van der Waals surface area (Å²) in [6, 6.07) is 3.78. The molecule has 0 radical (unpaired) electrons. The average Bonchev–Trinajstić information content (AvgIpc) is 3.18. The maximum atomic E-state index is 5.53. The summed E-state index contributed by atoms with van der Waals surface area (Å²) in [5.74, 6) is 3.51. The first kappa shape index (κ1) is 21.3. The minimum atomic E-state index is 0.436. The molecule has 2 rings (SSSR count). The summed E-state index contributed by atoms with van der Waals surface area (Å²) >= 11 is 0. The number of rotatable bonds is 10. The predicted molar refractivity (Wildman–Crippen MR) is 108 cm³/mol. The Labute approximate surface area is 166 Å². The molecule has 2 N–H and O–H groups in total. The number of hydrogen-bond acceptors (Lipinski definition) is 6. The van der Waals surface area contributed by atoms with E-state index in [2.05, 4.69) is 32.7 Å². The van der Waals surface area contributed by atoms with Crippen molar-refractivity contribution in [3.63, 3.8) is 0 Å². The van der Waals surface area contributed by atoms with E-state index in [0.717, 1.165) is 36.9 Å². The van der Waals surface area contributed by atoms with Gasteiger partial charge in [0, 0.05) is 31.6 Å². The molecule has 28 heavy (non-hydrogen) atoms. The number of aromatic nitrogens is 3. The topological polar surface area (TPSA) is 94.8 Å². The van der Waals surface area contributed by atoms with Gasteiger partial charge in [0.1, 0.15) is 12.2 Å². The second-order valence-corrected chi connectivity index (χ2v) is 5.91. The molecular weight excluding hydrogens is 360 g/mol. The Morgan fingerprint density at radius 2 is 1.86 bits per heavy atom. The van der Waals surface area contributed by atoms with Gasteiger partial charge in [0.15, 0.2) is 17.5 Å². The third-order valence-corrected chi connectivity index (χ3v) is 4.19. The van der Waals surface area contributed by atoms with Crippen molar-refractivity contribution in [3.8, 4) is 17.2 Å². The molecule has 0 aliphatic carbocycles. The van der Waals surface area contributed by atoms with E-state index in [0.29, 0.717) is 30.3 Å². The Morgan fingerprint density at radius 1 is 1.07 bits per heavy atom. The number of nitrogens with zero attached hydrogens (tertiary/aromatic N) is 4. The molecule has 9 heteroatoms.